The molecule has 0 radical (unpaired) electrons. The molecule has 0 atom stereocenters. The Bertz CT molecular complexity index is 794. The summed E-state index contributed by atoms with van der Waals surface area (Å²) in [4.78, 5) is 18.3. The summed E-state index contributed by atoms with van der Waals surface area (Å²) < 4.78 is 0. The molecule has 1 amide bonds. The van der Waals surface area contributed by atoms with Crippen LogP contribution in [0.25, 0.3) is 10.8 Å². The van der Waals surface area contributed by atoms with E-state index in [0.717, 1.165) is 16.8 Å². The largest absolute Gasteiger partial charge is 0.311 e. The average molecular weight is 276 g/mol. The highest BCUT2D eigenvalue weighted by atomic mass is 16.2. The maximum absolute atomic E-state index is 12.5. The normalized spacial score (nSPS) is 10.6. The first-order valence-corrected chi connectivity index (χ1v) is 6.85. The Morgan fingerprint density at radius 3 is 2.48 bits per heavy atom. The molecule has 0 spiro atoms. The lowest BCUT2D eigenvalue weighted by molar-refractivity contribution is 0.0992. The van der Waals surface area contributed by atoms with Gasteiger partial charge in [-0.05, 0) is 42.0 Å². The summed E-state index contributed by atoms with van der Waals surface area (Å²) in [6, 6.07) is 17.8. The molecule has 0 saturated heterocycles. The number of hydrogen-bond acceptors (Lipinski definition) is 2. The Balaban J connectivity index is 1.93. The molecule has 21 heavy (non-hydrogen) atoms. The molecule has 0 saturated carbocycles. The molecule has 2 aromatic carbocycles. The van der Waals surface area contributed by atoms with E-state index in [9.17, 15) is 4.79 Å². The molecule has 3 heteroatoms. The van der Waals surface area contributed by atoms with E-state index in [1.165, 1.54) is 5.39 Å². The van der Waals surface area contributed by atoms with Gasteiger partial charge in [0, 0.05) is 24.6 Å². The van der Waals surface area contributed by atoms with Gasteiger partial charge in [-0.2, -0.15) is 0 Å². The number of fused-ring (bicyclic) bond motifs is 1. The number of aromatic nitrogens is 1. The van der Waals surface area contributed by atoms with Gasteiger partial charge < -0.3 is 4.90 Å². The van der Waals surface area contributed by atoms with Crippen LogP contribution in [0.4, 0.5) is 5.69 Å². The molecule has 1 aromatic heterocycles. The van der Waals surface area contributed by atoms with Crippen LogP contribution in [-0.4, -0.2) is 17.9 Å². The zero-order valence-electron chi connectivity index (χ0n) is 12.1. The second kappa shape index (κ2) is 5.37. The third-order valence-electron chi connectivity index (χ3n) is 3.58. The number of rotatable bonds is 2. The van der Waals surface area contributed by atoms with Gasteiger partial charge in [-0.3, -0.25) is 9.78 Å². The minimum absolute atomic E-state index is 0.0576. The monoisotopic (exact) mass is 276 g/mol. The van der Waals surface area contributed by atoms with Crippen molar-refractivity contribution in [1.29, 1.82) is 0 Å². The summed E-state index contributed by atoms with van der Waals surface area (Å²) in [7, 11) is 1.78. The molecule has 0 N–H and O–H groups in total. The van der Waals surface area contributed by atoms with E-state index in [2.05, 4.69) is 11.1 Å². The molecule has 0 unspecified atom stereocenters. The van der Waals surface area contributed by atoms with E-state index in [0.29, 0.717) is 5.56 Å². The van der Waals surface area contributed by atoms with Gasteiger partial charge in [0.25, 0.3) is 5.91 Å². The van der Waals surface area contributed by atoms with Gasteiger partial charge in [0.1, 0.15) is 0 Å². The molecule has 0 aliphatic rings. The number of hydrogen-bond donors (Lipinski definition) is 0. The quantitative estimate of drug-likeness (QED) is 0.713. The molecule has 0 aliphatic carbocycles. The third kappa shape index (κ3) is 2.63. The van der Waals surface area contributed by atoms with Crippen molar-refractivity contribution >= 4 is 22.4 Å². The predicted octanol–water partition coefficient (Wildman–Crippen LogP) is 3.82. The minimum atomic E-state index is -0.0576. The summed E-state index contributed by atoms with van der Waals surface area (Å²) in [5.74, 6) is -0.0576. The second-order valence-electron chi connectivity index (χ2n) is 5.08. The van der Waals surface area contributed by atoms with Gasteiger partial charge in [-0.1, -0.05) is 30.3 Å². The van der Waals surface area contributed by atoms with E-state index in [1.54, 1.807) is 18.1 Å². The van der Waals surface area contributed by atoms with Crippen molar-refractivity contribution < 1.29 is 4.79 Å². The number of nitrogens with zero attached hydrogens (tertiary/aromatic N) is 2. The number of benzene rings is 2. The lowest BCUT2D eigenvalue weighted by Gasteiger charge is -2.18. The average Bonchev–Trinajstić information content (AvgIpc) is 2.54. The fourth-order valence-electron chi connectivity index (χ4n) is 2.29. The van der Waals surface area contributed by atoms with Crippen LogP contribution < -0.4 is 4.90 Å². The molecule has 1 heterocycles. The Labute approximate surface area is 123 Å². The first kappa shape index (κ1) is 13.3. The van der Waals surface area contributed by atoms with Gasteiger partial charge in [-0.25, -0.2) is 0 Å². The van der Waals surface area contributed by atoms with Gasteiger partial charge in [0.05, 0.1) is 5.56 Å². The van der Waals surface area contributed by atoms with Gasteiger partial charge >= 0.3 is 0 Å². The fraction of sp³-hybridized carbons (Fsp3) is 0.111. The van der Waals surface area contributed by atoms with E-state index in [-0.39, 0.29) is 5.91 Å². The zero-order valence-corrected chi connectivity index (χ0v) is 12.1. The summed E-state index contributed by atoms with van der Waals surface area (Å²) in [5.41, 5.74) is 2.37. The first-order chi connectivity index (χ1) is 10.1. The van der Waals surface area contributed by atoms with E-state index in [4.69, 9.17) is 0 Å². The van der Waals surface area contributed by atoms with E-state index < -0.39 is 0 Å². The Morgan fingerprint density at radius 2 is 1.76 bits per heavy atom. The molecule has 3 nitrogen and oxygen atoms in total. The van der Waals surface area contributed by atoms with Crippen LogP contribution in [0.3, 0.4) is 0 Å². The second-order valence-corrected chi connectivity index (χ2v) is 5.08. The minimum Gasteiger partial charge on any atom is -0.311 e. The number of anilines is 1. The molecule has 3 rings (SSSR count). The number of pyridine rings is 1. The van der Waals surface area contributed by atoms with Crippen LogP contribution in [0.15, 0.2) is 60.8 Å². The van der Waals surface area contributed by atoms with Crippen LogP contribution in [0.1, 0.15) is 16.1 Å². The Kier molecular flexibility index (Phi) is 3.40. The maximum Gasteiger partial charge on any atom is 0.259 e. The highest BCUT2D eigenvalue weighted by Gasteiger charge is 2.13. The number of aryl methyl sites for hydroxylation is 1. The topological polar surface area (TPSA) is 33.2 Å². The van der Waals surface area contributed by atoms with Gasteiger partial charge in [0.15, 0.2) is 0 Å². The lowest BCUT2D eigenvalue weighted by Crippen LogP contribution is -2.26. The summed E-state index contributed by atoms with van der Waals surface area (Å²) in [6.07, 6.45) is 1.62. The van der Waals surface area contributed by atoms with Crippen LogP contribution >= 0.6 is 0 Å². The highest BCUT2D eigenvalue weighted by molar-refractivity contribution is 6.06. The highest BCUT2D eigenvalue weighted by Crippen LogP contribution is 2.22. The molecular weight excluding hydrogens is 260 g/mol. The van der Waals surface area contributed by atoms with Crippen LogP contribution in [-0.2, 0) is 0 Å². The Hall–Kier alpha value is -2.68. The van der Waals surface area contributed by atoms with Crippen molar-refractivity contribution in [2.24, 2.45) is 0 Å². The van der Waals surface area contributed by atoms with Crippen molar-refractivity contribution in [2.45, 2.75) is 6.92 Å². The molecule has 0 bridgehead atoms. The van der Waals surface area contributed by atoms with E-state index >= 15 is 0 Å². The molecular formula is C18H16N2O. The van der Waals surface area contributed by atoms with Crippen LogP contribution in [0.5, 0.6) is 0 Å². The van der Waals surface area contributed by atoms with Crippen molar-refractivity contribution in [1.82, 2.24) is 4.98 Å². The lowest BCUT2D eigenvalue weighted by atomic mass is 10.1. The predicted molar refractivity (Wildman–Crippen MR) is 85.7 cm³/mol. The molecule has 0 fully saturated rings. The van der Waals surface area contributed by atoms with Gasteiger partial charge in [0.2, 0.25) is 0 Å². The molecule has 104 valence electrons. The van der Waals surface area contributed by atoms with Crippen molar-refractivity contribution in [3.63, 3.8) is 0 Å². The first-order valence-electron chi connectivity index (χ1n) is 6.85. The standard InChI is InChI=1S/C18H16N2O/c1-13-7-8-16(12-19-13)18(21)20(2)17-10-9-14-5-3-4-6-15(14)11-17/h3-12H,1-2H3. The smallest absolute Gasteiger partial charge is 0.259 e. The zero-order chi connectivity index (χ0) is 14.8. The van der Waals surface area contributed by atoms with Crippen LogP contribution in [0.2, 0.25) is 0 Å². The molecule has 3 aromatic rings. The summed E-state index contributed by atoms with van der Waals surface area (Å²) >= 11 is 0. The summed E-state index contributed by atoms with van der Waals surface area (Å²) in [5, 5.41) is 2.29. The van der Waals surface area contributed by atoms with Crippen molar-refractivity contribution in [3.05, 3.63) is 72.1 Å². The molecule has 0 aliphatic heterocycles. The number of amides is 1. The summed E-state index contributed by atoms with van der Waals surface area (Å²) in [6.45, 7) is 1.90. The van der Waals surface area contributed by atoms with Crippen LogP contribution in [0, 0.1) is 6.92 Å². The maximum atomic E-state index is 12.5. The van der Waals surface area contributed by atoms with E-state index in [1.807, 2.05) is 55.5 Å². The number of carbonyl (C=O) groups excluding carboxylic acids is 1. The van der Waals surface area contributed by atoms with Gasteiger partial charge in [-0.15, -0.1) is 0 Å². The SMILES string of the molecule is Cc1ccc(C(=O)N(C)c2ccc3ccccc3c2)cn1. The third-order valence-corrected chi connectivity index (χ3v) is 3.58. The fourth-order valence-corrected chi connectivity index (χ4v) is 2.29. The van der Waals surface area contributed by atoms with Crippen molar-refractivity contribution in [2.75, 3.05) is 11.9 Å². The van der Waals surface area contributed by atoms with Crippen molar-refractivity contribution in [3.8, 4) is 0 Å². The Morgan fingerprint density at radius 1 is 1.00 bits per heavy atom. The number of carbonyl (C=O) groups is 1.